The first-order valence-corrected chi connectivity index (χ1v) is 8.10. The Kier molecular flexibility index (Phi) is 6.51. The Hall–Kier alpha value is -2.67. The lowest BCUT2D eigenvalue weighted by Gasteiger charge is -2.16. The van der Waals surface area contributed by atoms with E-state index in [1.165, 1.54) is 18.4 Å². The molecule has 0 aliphatic rings. The van der Waals surface area contributed by atoms with Gasteiger partial charge >= 0.3 is 11.9 Å². The molecular formula is C17H17NO5S. The van der Waals surface area contributed by atoms with Crippen LogP contribution in [0.2, 0.25) is 0 Å². The standard InChI is InChI=1S/C17H17NO5S/c1-22-16(20)13(10-12-6-3-2-4-7-12)18-15(19)11-23-17(21)14-8-5-9-24-14/h2-9,13H,10-11H2,1H3,(H,18,19)/t13-/m1/s1. The number of methoxy groups -OCH3 is 1. The van der Waals surface area contributed by atoms with Crippen LogP contribution in [0.5, 0.6) is 0 Å². The number of carbonyl (C=O) groups excluding carboxylic acids is 3. The number of ether oxygens (including phenoxy) is 2. The van der Waals surface area contributed by atoms with Gasteiger partial charge in [-0.3, -0.25) is 4.79 Å². The third kappa shape index (κ3) is 5.20. The van der Waals surface area contributed by atoms with E-state index in [2.05, 4.69) is 5.32 Å². The molecule has 2 rings (SSSR count). The van der Waals surface area contributed by atoms with Gasteiger partial charge in [-0.15, -0.1) is 11.3 Å². The summed E-state index contributed by atoms with van der Waals surface area (Å²) in [5, 5.41) is 4.27. The molecule has 6 nitrogen and oxygen atoms in total. The summed E-state index contributed by atoms with van der Waals surface area (Å²) in [5.41, 5.74) is 0.879. The molecule has 0 radical (unpaired) electrons. The highest BCUT2D eigenvalue weighted by molar-refractivity contribution is 7.11. The lowest BCUT2D eigenvalue weighted by Crippen LogP contribution is -2.44. The number of carbonyl (C=O) groups is 3. The van der Waals surface area contributed by atoms with Gasteiger partial charge in [0, 0.05) is 6.42 Å². The van der Waals surface area contributed by atoms with Gasteiger partial charge in [0.15, 0.2) is 6.61 Å². The molecule has 1 atom stereocenters. The van der Waals surface area contributed by atoms with E-state index in [1.54, 1.807) is 17.5 Å². The van der Waals surface area contributed by atoms with E-state index in [9.17, 15) is 14.4 Å². The molecule has 2 aromatic rings. The number of thiophene rings is 1. The second kappa shape index (κ2) is 8.83. The number of benzene rings is 1. The van der Waals surface area contributed by atoms with E-state index < -0.39 is 30.5 Å². The predicted octanol–water partition coefficient (Wildman–Crippen LogP) is 1.81. The van der Waals surface area contributed by atoms with E-state index in [4.69, 9.17) is 9.47 Å². The molecule has 0 aliphatic carbocycles. The fourth-order valence-corrected chi connectivity index (χ4v) is 2.63. The van der Waals surface area contributed by atoms with Crippen LogP contribution in [0.25, 0.3) is 0 Å². The number of hydrogen-bond donors (Lipinski definition) is 1. The van der Waals surface area contributed by atoms with E-state index in [-0.39, 0.29) is 6.42 Å². The van der Waals surface area contributed by atoms with Crippen molar-refractivity contribution in [3.63, 3.8) is 0 Å². The SMILES string of the molecule is COC(=O)[C@@H](Cc1ccccc1)NC(=O)COC(=O)c1cccs1. The molecule has 1 N–H and O–H groups in total. The van der Waals surface area contributed by atoms with Crippen LogP contribution in [-0.2, 0) is 25.5 Å². The maximum absolute atomic E-state index is 11.9. The van der Waals surface area contributed by atoms with E-state index >= 15 is 0 Å². The Labute approximate surface area is 143 Å². The lowest BCUT2D eigenvalue weighted by atomic mass is 10.1. The van der Waals surface area contributed by atoms with Crippen molar-refractivity contribution in [1.29, 1.82) is 0 Å². The fraction of sp³-hybridized carbons (Fsp3) is 0.235. The summed E-state index contributed by atoms with van der Waals surface area (Å²) in [7, 11) is 1.25. The van der Waals surface area contributed by atoms with Crippen LogP contribution in [-0.4, -0.2) is 37.6 Å². The Morgan fingerprint density at radius 3 is 2.50 bits per heavy atom. The van der Waals surface area contributed by atoms with Crippen molar-refractivity contribution in [1.82, 2.24) is 5.32 Å². The molecule has 0 fully saturated rings. The summed E-state index contributed by atoms with van der Waals surface area (Å²) in [5.74, 6) is -1.69. The highest BCUT2D eigenvalue weighted by Gasteiger charge is 2.22. The third-order valence-electron chi connectivity index (χ3n) is 3.16. The molecule has 0 bridgehead atoms. The Balaban J connectivity index is 1.89. The van der Waals surface area contributed by atoms with Crippen LogP contribution in [0.15, 0.2) is 47.8 Å². The molecular weight excluding hydrogens is 330 g/mol. The fourth-order valence-electron chi connectivity index (χ4n) is 2.02. The summed E-state index contributed by atoms with van der Waals surface area (Å²) in [6, 6.07) is 11.7. The molecule has 126 valence electrons. The van der Waals surface area contributed by atoms with Crippen molar-refractivity contribution in [2.75, 3.05) is 13.7 Å². The van der Waals surface area contributed by atoms with E-state index in [1.807, 2.05) is 30.3 Å². The molecule has 0 unspecified atom stereocenters. The van der Waals surface area contributed by atoms with E-state index in [0.29, 0.717) is 4.88 Å². The van der Waals surface area contributed by atoms with Crippen molar-refractivity contribution in [2.45, 2.75) is 12.5 Å². The van der Waals surface area contributed by atoms with Gasteiger partial charge < -0.3 is 14.8 Å². The minimum atomic E-state index is -0.842. The van der Waals surface area contributed by atoms with Crippen molar-refractivity contribution in [3.05, 3.63) is 58.3 Å². The second-order valence-corrected chi connectivity index (χ2v) is 5.83. The molecule has 0 saturated heterocycles. The number of amides is 1. The number of rotatable bonds is 7. The molecule has 24 heavy (non-hydrogen) atoms. The first kappa shape index (κ1) is 17.7. The maximum Gasteiger partial charge on any atom is 0.348 e. The lowest BCUT2D eigenvalue weighted by molar-refractivity contribution is -0.145. The molecule has 1 aromatic carbocycles. The van der Waals surface area contributed by atoms with Crippen LogP contribution in [0, 0.1) is 0 Å². The summed E-state index contributed by atoms with van der Waals surface area (Å²) in [6.07, 6.45) is 0.290. The summed E-state index contributed by atoms with van der Waals surface area (Å²) >= 11 is 1.23. The molecule has 0 saturated carbocycles. The van der Waals surface area contributed by atoms with Crippen molar-refractivity contribution in [3.8, 4) is 0 Å². The number of hydrogen-bond acceptors (Lipinski definition) is 6. The zero-order chi connectivity index (χ0) is 17.4. The van der Waals surface area contributed by atoms with Crippen LogP contribution in [0.3, 0.4) is 0 Å². The zero-order valence-electron chi connectivity index (χ0n) is 13.1. The first-order chi connectivity index (χ1) is 11.6. The van der Waals surface area contributed by atoms with Gasteiger partial charge in [-0.1, -0.05) is 36.4 Å². The van der Waals surface area contributed by atoms with Gasteiger partial charge in [0.1, 0.15) is 10.9 Å². The Morgan fingerprint density at radius 1 is 1.12 bits per heavy atom. The highest BCUT2D eigenvalue weighted by atomic mass is 32.1. The third-order valence-corrected chi connectivity index (χ3v) is 4.01. The van der Waals surface area contributed by atoms with Crippen molar-refractivity contribution < 1.29 is 23.9 Å². The predicted molar refractivity (Wildman–Crippen MR) is 88.7 cm³/mol. The topological polar surface area (TPSA) is 81.7 Å². The molecule has 7 heteroatoms. The minimum Gasteiger partial charge on any atom is -0.467 e. The van der Waals surface area contributed by atoms with Gasteiger partial charge in [0.25, 0.3) is 5.91 Å². The van der Waals surface area contributed by atoms with Crippen LogP contribution in [0.4, 0.5) is 0 Å². The molecule has 1 aromatic heterocycles. The van der Waals surface area contributed by atoms with Crippen LogP contribution >= 0.6 is 11.3 Å². The Bertz CT molecular complexity index is 684. The van der Waals surface area contributed by atoms with Gasteiger partial charge in [-0.05, 0) is 17.0 Å². The maximum atomic E-state index is 11.9. The summed E-state index contributed by atoms with van der Waals surface area (Å²) < 4.78 is 9.63. The second-order valence-electron chi connectivity index (χ2n) is 4.89. The van der Waals surface area contributed by atoms with Gasteiger partial charge in [-0.25, -0.2) is 9.59 Å². The smallest absolute Gasteiger partial charge is 0.348 e. The molecule has 0 aliphatic heterocycles. The zero-order valence-corrected chi connectivity index (χ0v) is 13.9. The number of esters is 2. The number of nitrogens with one attached hydrogen (secondary N) is 1. The summed E-state index contributed by atoms with van der Waals surface area (Å²) in [6.45, 7) is -0.459. The van der Waals surface area contributed by atoms with Gasteiger partial charge in [-0.2, -0.15) is 0 Å². The molecule has 0 spiro atoms. The van der Waals surface area contributed by atoms with Crippen LogP contribution in [0.1, 0.15) is 15.2 Å². The largest absolute Gasteiger partial charge is 0.467 e. The van der Waals surface area contributed by atoms with Crippen molar-refractivity contribution in [2.24, 2.45) is 0 Å². The average molecular weight is 347 g/mol. The van der Waals surface area contributed by atoms with Gasteiger partial charge in [0.2, 0.25) is 0 Å². The highest BCUT2D eigenvalue weighted by Crippen LogP contribution is 2.10. The molecule has 1 amide bonds. The molecule has 1 heterocycles. The van der Waals surface area contributed by atoms with E-state index in [0.717, 1.165) is 5.56 Å². The minimum absolute atomic E-state index is 0.290. The first-order valence-electron chi connectivity index (χ1n) is 7.22. The summed E-state index contributed by atoms with van der Waals surface area (Å²) in [4.78, 5) is 35.9. The normalized spacial score (nSPS) is 11.4. The van der Waals surface area contributed by atoms with Crippen molar-refractivity contribution >= 4 is 29.2 Å². The van der Waals surface area contributed by atoms with Crippen LogP contribution < -0.4 is 5.32 Å². The Morgan fingerprint density at radius 2 is 1.88 bits per heavy atom. The monoisotopic (exact) mass is 347 g/mol. The van der Waals surface area contributed by atoms with Gasteiger partial charge in [0.05, 0.1) is 7.11 Å². The quantitative estimate of drug-likeness (QED) is 0.773. The average Bonchev–Trinajstić information content (AvgIpc) is 3.14.